The lowest BCUT2D eigenvalue weighted by atomic mass is 10.2. The number of halogens is 4. The third-order valence-electron chi connectivity index (χ3n) is 2.34. The molecule has 6 heteroatoms. The normalized spacial score (nSPS) is 11.6. The van der Waals surface area contributed by atoms with Crippen molar-refractivity contribution in [3.05, 3.63) is 28.8 Å². The van der Waals surface area contributed by atoms with E-state index in [1.165, 1.54) is 4.90 Å². The van der Waals surface area contributed by atoms with Gasteiger partial charge in [-0.3, -0.25) is 0 Å². The molecule has 0 saturated heterocycles. The zero-order valence-electron chi connectivity index (χ0n) is 9.26. The van der Waals surface area contributed by atoms with Gasteiger partial charge in [-0.2, -0.15) is 13.2 Å². The van der Waals surface area contributed by atoms with Crippen molar-refractivity contribution >= 4 is 17.3 Å². The molecule has 0 spiro atoms. The molecule has 1 rings (SSSR count). The highest BCUT2D eigenvalue weighted by molar-refractivity contribution is 6.33. The highest BCUT2D eigenvalue weighted by Gasteiger charge is 2.27. The number of rotatable bonds is 4. The third-order valence-corrected chi connectivity index (χ3v) is 2.64. The number of benzene rings is 1. The summed E-state index contributed by atoms with van der Waals surface area (Å²) in [5.41, 5.74) is 1.15. The summed E-state index contributed by atoms with van der Waals surface area (Å²) in [4.78, 5) is 1.44. The van der Waals surface area contributed by atoms with Crippen LogP contribution in [0.25, 0.3) is 0 Å². The molecule has 1 aromatic rings. The van der Waals surface area contributed by atoms with Crippen LogP contribution >= 0.6 is 11.6 Å². The molecule has 0 unspecified atom stereocenters. The summed E-state index contributed by atoms with van der Waals surface area (Å²) >= 11 is 5.92. The number of hydrogen-bond acceptors (Lipinski definition) is 2. The van der Waals surface area contributed by atoms with Crippen LogP contribution in [0.4, 0.5) is 18.9 Å². The van der Waals surface area contributed by atoms with E-state index >= 15 is 0 Å². The van der Waals surface area contributed by atoms with Crippen molar-refractivity contribution in [3.8, 4) is 0 Å². The van der Waals surface area contributed by atoms with Crippen molar-refractivity contribution in [2.45, 2.75) is 19.2 Å². The lowest BCUT2D eigenvalue weighted by Crippen LogP contribution is -2.24. The van der Waals surface area contributed by atoms with E-state index in [9.17, 15) is 13.2 Å². The predicted octanol–water partition coefficient (Wildman–Crippen LogP) is 3.22. The molecule has 0 bridgehead atoms. The smallest absolute Gasteiger partial charge is 0.390 e. The highest BCUT2D eigenvalue weighted by Crippen LogP contribution is 2.28. The molecule has 0 saturated carbocycles. The quantitative estimate of drug-likeness (QED) is 0.905. The van der Waals surface area contributed by atoms with E-state index in [4.69, 9.17) is 16.7 Å². The Morgan fingerprint density at radius 1 is 1.35 bits per heavy atom. The summed E-state index contributed by atoms with van der Waals surface area (Å²) in [6, 6.07) is 4.77. The maximum Gasteiger partial charge on any atom is 0.390 e. The minimum atomic E-state index is -4.17. The number of nitrogens with zero attached hydrogens (tertiary/aromatic N) is 1. The number of hydrogen-bond donors (Lipinski definition) is 1. The second kappa shape index (κ2) is 5.60. The Balaban J connectivity index is 2.72. The Morgan fingerprint density at radius 3 is 2.47 bits per heavy atom. The summed E-state index contributed by atoms with van der Waals surface area (Å²) < 4.78 is 36.2. The zero-order chi connectivity index (χ0) is 13.1. The maximum absolute atomic E-state index is 12.1. The van der Waals surface area contributed by atoms with Gasteiger partial charge in [-0.25, -0.2) is 0 Å². The molecule has 0 fully saturated rings. The molecule has 0 aliphatic heterocycles. The highest BCUT2D eigenvalue weighted by atomic mass is 35.5. The molecule has 0 atom stereocenters. The van der Waals surface area contributed by atoms with Crippen LogP contribution in [0, 0.1) is 0 Å². The van der Waals surface area contributed by atoms with Crippen molar-refractivity contribution in [2.24, 2.45) is 0 Å². The van der Waals surface area contributed by atoms with Gasteiger partial charge in [0.15, 0.2) is 0 Å². The van der Waals surface area contributed by atoms with Gasteiger partial charge >= 0.3 is 6.18 Å². The Hall–Kier alpha value is -0.940. The summed E-state index contributed by atoms with van der Waals surface area (Å²) in [6.45, 7) is -0.298. The lowest BCUT2D eigenvalue weighted by Gasteiger charge is -2.21. The SMILES string of the molecule is CN(CCC(F)(F)F)c1ccc(CO)cc1Cl. The first-order valence-corrected chi connectivity index (χ1v) is 5.38. The molecular formula is C11H13ClF3NO. The van der Waals surface area contributed by atoms with E-state index in [2.05, 4.69) is 0 Å². The van der Waals surface area contributed by atoms with Gasteiger partial charge in [0.05, 0.1) is 23.7 Å². The molecule has 1 N–H and O–H groups in total. The van der Waals surface area contributed by atoms with Gasteiger partial charge < -0.3 is 10.0 Å². The lowest BCUT2D eigenvalue weighted by molar-refractivity contribution is -0.132. The fraction of sp³-hybridized carbons (Fsp3) is 0.455. The van der Waals surface area contributed by atoms with E-state index in [1.54, 1.807) is 25.2 Å². The first-order valence-electron chi connectivity index (χ1n) is 5.00. The monoisotopic (exact) mass is 267 g/mol. The van der Waals surface area contributed by atoms with Gasteiger partial charge in [0.25, 0.3) is 0 Å². The van der Waals surface area contributed by atoms with E-state index in [0.717, 1.165) is 0 Å². The van der Waals surface area contributed by atoms with Crippen molar-refractivity contribution in [2.75, 3.05) is 18.5 Å². The van der Waals surface area contributed by atoms with Crippen molar-refractivity contribution in [1.82, 2.24) is 0 Å². The van der Waals surface area contributed by atoms with Gasteiger partial charge in [0, 0.05) is 13.6 Å². The molecule has 17 heavy (non-hydrogen) atoms. The van der Waals surface area contributed by atoms with Gasteiger partial charge in [-0.1, -0.05) is 17.7 Å². The largest absolute Gasteiger partial charge is 0.392 e. The first kappa shape index (κ1) is 14.1. The van der Waals surface area contributed by atoms with Crippen LogP contribution in [-0.2, 0) is 6.61 Å². The average molecular weight is 268 g/mol. The molecule has 2 nitrogen and oxygen atoms in total. The van der Waals surface area contributed by atoms with Crippen LogP contribution in [-0.4, -0.2) is 24.9 Å². The van der Waals surface area contributed by atoms with Gasteiger partial charge in [0.1, 0.15) is 0 Å². The summed E-state index contributed by atoms with van der Waals surface area (Å²) in [5, 5.41) is 9.22. The molecule has 0 amide bonds. The molecular weight excluding hydrogens is 255 g/mol. The minimum absolute atomic E-state index is 0.147. The summed E-state index contributed by atoms with van der Waals surface area (Å²) in [6.07, 6.45) is -5.06. The molecule has 0 heterocycles. The van der Waals surface area contributed by atoms with E-state index < -0.39 is 12.6 Å². The summed E-state index contributed by atoms with van der Waals surface area (Å²) in [7, 11) is 1.55. The van der Waals surface area contributed by atoms with E-state index in [1.807, 2.05) is 0 Å². The molecule has 0 aliphatic rings. The van der Waals surface area contributed by atoms with Crippen LogP contribution < -0.4 is 4.90 Å². The van der Waals surface area contributed by atoms with Crippen LogP contribution in [0.15, 0.2) is 18.2 Å². The van der Waals surface area contributed by atoms with Gasteiger partial charge in [-0.05, 0) is 17.7 Å². The summed E-state index contributed by atoms with van der Waals surface area (Å²) in [5.74, 6) is 0. The standard InChI is InChI=1S/C11H13ClF3NO/c1-16(5-4-11(13,14)15)10-3-2-8(7-17)6-9(10)12/h2-3,6,17H,4-5,7H2,1H3. The van der Waals surface area contributed by atoms with Crippen molar-refractivity contribution in [1.29, 1.82) is 0 Å². The van der Waals surface area contributed by atoms with Crippen LogP contribution in [0.3, 0.4) is 0 Å². The fourth-order valence-corrected chi connectivity index (χ4v) is 1.72. The van der Waals surface area contributed by atoms with E-state index in [-0.39, 0.29) is 13.2 Å². The second-order valence-electron chi connectivity index (χ2n) is 3.73. The van der Waals surface area contributed by atoms with Gasteiger partial charge in [-0.15, -0.1) is 0 Å². The molecule has 0 aromatic heterocycles. The number of anilines is 1. The third kappa shape index (κ3) is 4.44. The Kier molecular flexibility index (Phi) is 4.65. The Bertz CT molecular complexity index is 381. The number of aliphatic hydroxyl groups is 1. The average Bonchev–Trinajstić information content (AvgIpc) is 2.24. The molecule has 0 radical (unpaired) electrons. The van der Waals surface area contributed by atoms with E-state index in [0.29, 0.717) is 16.3 Å². The van der Waals surface area contributed by atoms with Crippen LogP contribution in [0.5, 0.6) is 0 Å². The molecule has 1 aromatic carbocycles. The van der Waals surface area contributed by atoms with Crippen LogP contribution in [0.1, 0.15) is 12.0 Å². The topological polar surface area (TPSA) is 23.5 Å². The number of alkyl halides is 3. The first-order chi connectivity index (χ1) is 7.83. The Morgan fingerprint density at radius 2 is 2.00 bits per heavy atom. The predicted molar refractivity (Wildman–Crippen MR) is 61.3 cm³/mol. The molecule has 0 aliphatic carbocycles. The second-order valence-corrected chi connectivity index (χ2v) is 4.14. The molecule has 96 valence electrons. The van der Waals surface area contributed by atoms with Crippen molar-refractivity contribution < 1.29 is 18.3 Å². The fourth-order valence-electron chi connectivity index (χ4n) is 1.37. The van der Waals surface area contributed by atoms with Crippen molar-refractivity contribution in [3.63, 3.8) is 0 Å². The Labute approximate surface area is 103 Å². The minimum Gasteiger partial charge on any atom is -0.392 e. The maximum atomic E-state index is 12.1. The zero-order valence-corrected chi connectivity index (χ0v) is 10.0. The van der Waals surface area contributed by atoms with Crippen LogP contribution in [0.2, 0.25) is 5.02 Å². The van der Waals surface area contributed by atoms with Gasteiger partial charge in [0.2, 0.25) is 0 Å². The number of aliphatic hydroxyl groups excluding tert-OH is 1.